The number of nitrogens with zero attached hydrogens (tertiary/aromatic N) is 4. The van der Waals surface area contributed by atoms with Gasteiger partial charge in [0.1, 0.15) is 15.9 Å². The van der Waals surface area contributed by atoms with Crippen LogP contribution in [0.1, 0.15) is 5.56 Å². The minimum Gasteiger partial charge on any atom is -0.418 e. The van der Waals surface area contributed by atoms with Crippen molar-refractivity contribution in [3.63, 3.8) is 0 Å². The fourth-order valence-corrected chi connectivity index (χ4v) is 9.21. The molecule has 0 bridgehead atoms. The predicted octanol–water partition coefficient (Wildman–Crippen LogP) is 7.59. The molecule has 1 aromatic heterocycles. The quantitative estimate of drug-likeness (QED) is 0.108. The molecular formula is C33H26BF4N4P. The molecule has 0 saturated carbocycles. The Labute approximate surface area is 247 Å². The van der Waals surface area contributed by atoms with Crippen molar-refractivity contribution in [2.24, 2.45) is 0 Å². The largest absolute Gasteiger partial charge is 0.673 e. The fraction of sp³-hybridized carbons (Fsp3) is 0. The Hall–Kier alpha value is -4.88. The molecule has 0 aliphatic carbocycles. The fourth-order valence-electron chi connectivity index (χ4n) is 4.91. The summed E-state index contributed by atoms with van der Waals surface area (Å²) in [5.74, 6) is 0.708. The van der Waals surface area contributed by atoms with E-state index in [1.165, 1.54) is 15.9 Å². The van der Waals surface area contributed by atoms with Crippen molar-refractivity contribution >= 4 is 41.9 Å². The van der Waals surface area contributed by atoms with Crippen molar-refractivity contribution in [1.82, 2.24) is 20.2 Å². The Kier molecular flexibility index (Phi) is 9.23. The van der Waals surface area contributed by atoms with Gasteiger partial charge in [-0.2, -0.15) is 4.68 Å². The molecule has 4 nitrogen and oxygen atoms in total. The summed E-state index contributed by atoms with van der Waals surface area (Å²) in [6.45, 7) is 0. The molecule has 0 aliphatic rings. The monoisotopic (exact) mass is 596 g/mol. The Bertz CT molecular complexity index is 1650. The van der Waals surface area contributed by atoms with Gasteiger partial charge >= 0.3 is 7.25 Å². The van der Waals surface area contributed by atoms with Gasteiger partial charge in [0.15, 0.2) is 13.1 Å². The molecular weight excluding hydrogens is 570 g/mol. The van der Waals surface area contributed by atoms with E-state index in [0.29, 0.717) is 5.82 Å². The van der Waals surface area contributed by atoms with Crippen LogP contribution < -0.4 is 15.9 Å². The van der Waals surface area contributed by atoms with Gasteiger partial charge < -0.3 is 17.3 Å². The van der Waals surface area contributed by atoms with Crippen LogP contribution in [0.5, 0.6) is 0 Å². The van der Waals surface area contributed by atoms with Crippen molar-refractivity contribution < 1.29 is 17.3 Å². The number of hydrogen-bond donors (Lipinski definition) is 0. The lowest BCUT2D eigenvalue weighted by atomic mass is 10.2. The van der Waals surface area contributed by atoms with Gasteiger partial charge in [-0.05, 0) is 52.4 Å². The average molecular weight is 596 g/mol. The Morgan fingerprint density at radius 2 is 0.930 bits per heavy atom. The van der Waals surface area contributed by atoms with Gasteiger partial charge in [-0.1, -0.05) is 115 Å². The van der Waals surface area contributed by atoms with Crippen LogP contribution in [0.15, 0.2) is 152 Å². The molecule has 0 aliphatic heterocycles. The number of aromatic nitrogens is 4. The van der Waals surface area contributed by atoms with Crippen LogP contribution in [-0.4, -0.2) is 27.5 Å². The SMILES string of the molecule is C(=C(\n1nnnc1-c1ccccc1)[P+](c1ccccc1)(c1ccccc1)c1ccccc1)/c1ccccc1.F[B-](F)(F)F. The van der Waals surface area contributed by atoms with Crippen molar-refractivity contribution in [2.45, 2.75) is 0 Å². The summed E-state index contributed by atoms with van der Waals surface area (Å²) >= 11 is 0. The number of benzene rings is 5. The van der Waals surface area contributed by atoms with Crippen LogP contribution in [0.4, 0.5) is 17.3 Å². The van der Waals surface area contributed by atoms with Gasteiger partial charge in [0.2, 0.25) is 5.44 Å². The van der Waals surface area contributed by atoms with E-state index in [1.807, 2.05) is 28.9 Å². The highest BCUT2D eigenvalue weighted by Gasteiger charge is 2.52. The molecule has 5 aromatic carbocycles. The van der Waals surface area contributed by atoms with E-state index >= 15 is 0 Å². The summed E-state index contributed by atoms with van der Waals surface area (Å²) in [5, 5.41) is 17.1. The topological polar surface area (TPSA) is 43.6 Å². The zero-order chi connectivity index (χ0) is 30.1. The summed E-state index contributed by atoms with van der Waals surface area (Å²) in [6.07, 6.45) is 2.25. The summed E-state index contributed by atoms with van der Waals surface area (Å²) in [6, 6.07) is 52.9. The van der Waals surface area contributed by atoms with Crippen molar-refractivity contribution in [3.05, 3.63) is 157 Å². The summed E-state index contributed by atoms with van der Waals surface area (Å²) in [7, 11) is -8.48. The second kappa shape index (κ2) is 13.4. The van der Waals surface area contributed by atoms with E-state index < -0.39 is 14.5 Å². The van der Waals surface area contributed by atoms with E-state index in [9.17, 15) is 17.3 Å². The molecule has 10 heteroatoms. The first kappa shape index (κ1) is 29.6. The van der Waals surface area contributed by atoms with Gasteiger partial charge in [0, 0.05) is 11.6 Å². The maximum absolute atomic E-state index is 9.75. The lowest BCUT2D eigenvalue weighted by Crippen LogP contribution is -2.33. The molecule has 6 aromatic rings. The second-order valence-electron chi connectivity index (χ2n) is 9.37. The van der Waals surface area contributed by atoms with Gasteiger partial charge in [0.05, 0.1) is 0 Å². The molecule has 0 spiro atoms. The van der Waals surface area contributed by atoms with Gasteiger partial charge in [-0.25, -0.2) is 0 Å². The molecule has 0 amide bonds. The number of halogens is 4. The molecule has 0 radical (unpaired) electrons. The predicted molar refractivity (Wildman–Crippen MR) is 169 cm³/mol. The normalized spacial score (nSPS) is 11.9. The molecule has 6 rings (SSSR count). The summed E-state index contributed by atoms with van der Waals surface area (Å²) in [4.78, 5) is 0. The molecule has 0 atom stereocenters. The standard InChI is InChI=1S/C33H26N4P.BF4/c1-6-16-27(17-7-1)26-32(37-33(34-35-36-37)28-18-8-2-9-19-28)38(29-20-10-3-11-21-29,30-22-12-4-13-23-30)31-24-14-5-15-25-31;2-1(3,4)5/h1-26H;/q+1;-1/b32-26-;. The molecule has 0 unspecified atom stereocenters. The van der Waals surface area contributed by atoms with Crippen molar-refractivity contribution in [2.75, 3.05) is 0 Å². The third kappa shape index (κ3) is 6.96. The van der Waals surface area contributed by atoms with E-state index in [4.69, 9.17) is 0 Å². The third-order valence-corrected chi connectivity index (χ3v) is 10.8. The van der Waals surface area contributed by atoms with Crippen molar-refractivity contribution in [1.29, 1.82) is 0 Å². The maximum Gasteiger partial charge on any atom is 0.673 e. The summed E-state index contributed by atoms with van der Waals surface area (Å²) < 4.78 is 40.9. The van der Waals surface area contributed by atoms with Crippen LogP contribution in [0, 0.1) is 0 Å². The van der Waals surface area contributed by atoms with E-state index in [1.54, 1.807) is 0 Å². The third-order valence-electron chi connectivity index (χ3n) is 6.59. The number of rotatable bonds is 7. The first-order valence-corrected chi connectivity index (χ1v) is 15.2. The zero-order valence-electron chi connectivity index (χ0n) is 22.8. The van der Waals surface area contributed by atoms with Gasteiger partial charge in [0.25, 0.3) is 0 Å². The van der Waals surface area contributed by atoms with Crippen LogP contribution >= 0.6 is 7.26 Å². The highest BCUT2D eigenvalue weighted by Crippen LogP contribution is 2.65. The summed E-state index contributed by atoms with van der Waals surface area (Å²) in [5.41, 5.74) is 3.09. The molecule has 0 N–H and O–H groups in total. The molecule has 214 valence electrons. The maximum atomic E-state index is 9.75. The van der Waals surface area contributed by atoms with Gasteiger partial charge in [-0.15, -0.1) is 5.10 Å². The van der Waals surface area contributed by atoms with Gasteiger partial charge in [-0.3, -0.25) is 0 Å². The Morgan fingerprint density at radius 1 is 0.558 bits per heavy atom. The van der Waals surface area contributed by atoms with Crippen LogP contribution in [0.25, 0.3) is 22.9 Å². The number of hydrogen-bond acceptors (Lipinski definition) is 3. The van der Waals surface area contributed by atoms with E-state index in [2.05, 4.69) is 149 Å². The number of tetrazole rings is 1. The zero-order valence-corrected chi connectivity index (χ0v) is 23.7. The van der Waals surface area contributed by atoms with E-state index in [-0.39, 0.29) is 0 Å². The minimum absolute atomic E-state index is 0.708. The van der Waals surface area contributed by atoms with Crippen LogP contribution in [0.3, 0.4) is 0 Å². The highest BCUT2D eigenvalue weighted by atomic mass is 31.2. The molecule has 0 saturated heterocycles. The molecule has 43 heavy (non-hydrogen) atoms. The van der Waals surface area contributed by atoms with E-state index in [0.717, 1.165) is 16.6 Å². The lowest BCUT2D eigenvalue weighted by Gasteiger charge is -2.29. The Morgan fingerprint density at radius 3 is 1.35 bits per heavy atom. The van der Waals surface area contributed by atoms with Crippen LogP contribution in [-0.2, 0) is 0 Å². The lowest BCUT2D eigenvalue weighted by molar-refractivity contribution is 0.368. The van der Waals surface area contributed by atoms with Crippen molar-refractivity contribution in [3.8, 4) is 11.4 Å². The first-order valence-electron chi connectivity index (χ1n) is 13.4. The Balaban J connectivity index is 0.000000682. The first-order chi connectivity index (χ1) is 20.9. The molecule has 1 heterocycles. The smallest absolute Gasteiger partial charge is 0.418 e. The highest BCUT2D eigenvalue weighted by molar-refractivity contribution is 8.03. The van der Waals surface area contributed by atoms with Crippen LogP contribution in [0.2, 0.25) is 0 Å². The second-order valence-corrected chi connectivity index (χ2v) is 12.7. The average Bonchev–Trinajstić information content (AvgIpc) is 3.53. The minimum atomic E-state index is -6.00. The molecule has 0 fully saturated rings.